The highest BCUT2D eigenvalue weighted by Crippen LogP contribution is 2.28. The molecule has 2 N–H and O–H groups in total. The van der Waals surface area contributed by atoms with Crippen molar-refractivity contribution in [1.29, 1.82) is 0 Å². The second-order valence-electron chi connectivity index (χ2n) is 6.01. The Bertz CT molecular complexity index is 744. The molecule has 0 bridgehead atoms. The molecule has 3 rings (SSSR count). The Morgan fingerprint density at radius 3 is 2.72 bits per heavy atom. The molecule has 1 aromatic carbocycles. The fourth-order valence-electron chi connectivity index (χ4n) is 2.58. The minimum Gasteiger partial charge on any atom is -0.493 e. The van der Waals surface area contributed by atoms with Crippen molar-refractivity contribution in [3.05, 3.63) is 47.7 Å². The Kier molecular flexibility index (Phi) is 5.38. The number of nitrogens with zero attached hydrogens (tertiary/aromatic N) is 1. The molecule has 1 amide bonds. The summed E-state index contributed by atoms with van der Waals surface area (Å²) in [6.45, 7) is 0.534. The highest BCUT2D eigenvalue weighted by atomic mass is 16.5. The van der Waals surface area contributed by atoms with Gasteiger partial charge in [0.15, 0.2) is 11.5 Å². The van der Waals surface area contributed by atoms with Crippen molar-refractivity contribution in [3.63, 3.8) is 0 Å². The number of nitrogens with one attached hydrogen (secondary N) is 2. The largest absolute Gasteiger partial charge is 0.493 e. The van der Waals surface area contributed by atoms with E-state index in [4.69, 9.17) is 9.47 Å². The van der Waals surface area contributed by atoms with Gasteiger partial charge in [0.1, 0.15) is 5.82 Å². The van der Waals surface area contributed by atoms with Crippen LogP contribution in [0.3, 0.4) is 0 Å². The standard InChI is InChI=1S/C19H23N3O3/c1-24-16-8-5-13(12-17(16)25-2)9-11-21-19(23)15-4-3-10-20-18(15)22-14-6-7-14/h3-5,8,10,12,14H,6-7,9,11H2,1-2H3,(H,20,22)(H,21,23). The van der Waals surface area contributed by atoms with Crippen molar-refractivity contribution < 1.29 is 14.3 Å². The molecular weight excluding hydrogens is 318 g/mol. The van der Waals surface area contributed by atoms with Crippen molar-refractivity contribution in [2.45, 2.75) is 25.3 Å². The summed E-state index contributed by atoms with van der Waals surface area (Å²) in [6, 6.07) is 9.79. The third-order valence-corrected chi connectivity index (χ3v) is 4.12. The van der Waals surface area contributed by atoms with E-state index in [1.807, 2.05) is 18.2 Å². The fourth-order valence-corrected chi connectivity index (χ4v) is 2.58. The minimum absolute atomic E-state index is 0.114. The molecule has 1 saturated carbocycles. The van der Waals surface area contributed by atoms with Crippen LogP contribution in [0.5, 0.6) is 11.5 Å². The summed E-state index contributed by atoms with van der Waals surface area (Å²) in [5.41, 5.74) is 1.65. The van der Waals surface area contributed by atoms with E-state index in [1.165, 1.54) is 0 Å². The first-order valence-corrected chi connectivity index (χ1v) is 8.42. The molecule has 132 valence electrons. The third-order valence-electron chi connectivity index (χ3n) is 4.12. The summed E-state index contributed by atoms with van der Waals surface area (Å²) in [5.74, 6) is 1.93. The van der Waals surface area contributed by atoms with E-state index < -0.39 is 0 Å². The molecule has 0 saturated heterocycles. The molecule has 1 fully saturated rings. The fraction of sp³-hybridized carbons (Fsp3) is 0.368. The third kappa shape index (κ3) is 4.41. The van der Waals surface area contributed by atoms with Gasteiger partial charge in [-0.15, -0.1) is 0 Å². The van der Waals surface area contributed by atoms with Crippen LogP contribution < -0.4 is 20.1 Å². The van der Waals surface area contributed by atoms with Crippen molar-refractivity contribution >= 4 is 11.7 Å². The average molecular weight is 341 g/mol. The van der Waals surface area contributed by atoms with Crippen LogP contribution in [-0.2, 0) is 6.42 Å². The van der Waals surface area contributed by atoms with Crippen LogP contribution in [0.4, 0.5) is 5.82 Å². The number of pyridine rings is 1. The predicted molar refractivity (Wildman–Crippen MR) is 96.5 cm³/mol. The Labute approximate surface area is 147 Å². The Morgan fingerprint density at radius 1 is 1.20 bits per heavy atom. The zero-order valence-corrected chi connectivity index (χ0v) is 14.5. The summed E-state index contributed by atoms with van der Waals surface area (Å²) in [7, 11) is 3.22. The number of ether oxygens (including phenoxy) is 2. The Balaban J connectivity index is 1.58. The lowest BCUT2D eigenvalue weighted by Crippen LogP contribution is -2.27. The zero-order valence-electron chi connectivity index (χ0n) is 14.5. The maximum absolute atomic E-state index is 12.4. The smallest absolute Gasteiger partial charge is 0.255 e. The van der Waals surface area contributed by atoms with Crippen LogP contribution in [0, 0.1) is 0 Å². The molecule has 6 heteroatoms. The number of rotatable bonds is 8. The topological polar surface area (TPSA) is 72.5 Å². The number of amides is 1. The Hall–Kier alpha value is -2.76. The first-order chi connectivity index (χ1) is 12.2. The molecule has 25 heavy (non-hydrogen) atoms. The van der Waals surface area contributed by atoms with Gasteiger partial charge in [0.05, 0.1) is 19.8 Å². The quantitative estimate of drug-likeness (QED) is 0.772. The van der Waals surface area contributed by atoms with E-state index in [9.17, 15) is 4.79 Å². The van der Waals surface area contributed by atoms with Crippen LogP contribution in [0.15, 0.2) is 36.5 Å². The van der Waals surface area contributed by atoms with E-state index in [2.05, 4.69) is 15.6 Å². The van der Waals surface area contributed by atoms with Gasteiger partial charge in [-0.3, -0.25) is 4.79 Å². The van der Waals surface area contributed by atoms with Gasteiger partial charge in [0.25, 0.3) is 5.91 Å². The summed E-state index contributed by atoms with van der Waals surface area (Å²) in [6.07, 6.45) is 4.68. The number of anilines is 1. The van der Waals surface area contributed by atoms with Crippen LogP contribution in [0.2, 0.25) is 0 Å². The van der Waals surface area contributed by atoms with Crippen LogP contribution in [0.1, 0.15) is 28.8 Å². The van der Waals surface area contributed by atoms with Gasteiger partial charge >= 0.3 is 0 Å². The van der Waals surface area contributed by atoms with Crippen molar-refractivity contribution in [2.75, 3.05) is 26.1 Å². The van der Waals surface area contributed by atoms with Crippen LogP contribution >= 0.6 is 0 Å². The second kappa shape index (κ2) is 7.88. The molecular formula is C19H23N3O3. The van der Waals surface area contributed by atoms with Gasteiger partial charge in [0.2, 0.25) is 0 Å². The van der Waals surface area contributed by atoms with E-state index in [1.54, 1.807) is 32.5 Å². The van der Waals surface area contributed by atoms with Gasteiger partial charge in [-0.2, -0.15) is 0 Å². The summed E-state index contributed by atoms with van der Waals surface area (Å²) in [4.78, 5) is 16.7. The Morgan fingerprint density at radius 2 is 2.00 bits per heavy atom. The maximum Gasteiger partial charge on any atom is 0.255 e. The SMILES string of the molecule is COc1ccc(CCNC(=O)c2cccnc2NC2CC2)cc1OC. The molecule has 1 aromatic heterocycles. The number of methoxy groups -OCH3 is 2. The molecule has 6 nitrogen and oxygen atoms in total. The summed E-state index contributed by atoms with van der Waals surface area (Å²) < 4.78 is 10.5. The molecule has 0 unspecified atom stereocenters. The van der Waals surface area contributed by atoms with E-state index in [0.717, 1.165) is 18.4 Å². The number of hydrogen-bond donors (Lipinski definition) is 2. The molecule has 2 aromatic rings. The van der Waals surface area contributed by atoms with Crippen molar-refractivity contribution in [2.24, 2.45) is 0 Å². The zero-order chi connectivity index (χ0) is 17.6. The number of carbonyl (C=O) groups is 1. The van der Waals surface area contributed by atoms with Crippen LogP contribution in [-0.4, -0.2) is 37.7 Å². The maximum atomic E-state index is 12.4. The lowest BCUT2D eigenvalue weighted by Gasteiger charge is -2.12. The first kappa shape index (κ1) is 17.1. The predicted octanol–water partition coefficient (Wildman–Crippen LogP) is 2.65. The van der Waals surface area contributed by atoms with Crippen molar-refractivity contribution in [1.82, 2.24) is 10.3 Å². The van der Waals surface area contributed by atoms with Gasteiger partial charge in [0, 0.05) is 18.8 Å². The van der Waals surface area contributed by atoms with Crippen LogP contribution in [0.25, 0.3) is 0 Å². The molecule has 1 aliphatic carbocycles. The highest BCUT2D eigenvalue weighted by Gasteiger charge is 2.23. The van der Waals surface area contributed by atoms with E-state index in [0.29, 0.717) is 41.9 Å². The number of aromatic nitrogens is 1. The number of carbonyl (C=O) groups excluding carboxylic acids is 1. The van der Waals surface area contributed by atoms with Gasteiger partial charge in [-0.1, -0.05) is 6.07 Å². The normalized spacial score (nSPS) is 13.2. The number of hydrogen-bond acceptors (Lipinski definition) is 5. The van der Waals surface area contributed by atoms with Gasteiger partial charge in [-0.05, 0) is 49.1 Å². The monoisotopic (exact) mass is 341 g/mol. The van der Waals surface area contributed by atoms with E-state index >= 15 is 0 Å². The minimum atomic E-state index is -0.114. The highest BCUT2D eigenvalue weighted by molar-refractivity contribution is 5.98. The van der Waals surface area contributed by atoms with Gasteiger partial charge < -0.3 is 20.1 Å². The van der Waals surface area contributed by atoms with Crippen molar-refractivity contribution in [3.8, 4) is 11.5 Å². The molecule has 0 aliphatic heterocycles. The molecule has 1 aliphatic rings. The van der Waals surface area contributed by atoms with Gasteiger partial charge in [-0.25, -0.2) is 4.98 Å². The summed E-state index contributed by atoms with van der Waals surface area (Å²) >= 11 is 0. The molecule has 0 radical (unpaired) electrons. The average Bonchev–Trinajstić information content (AvgIpc) is 3.46. The lowest BCUT2D eigenvalue weighted by molar-refractivity contribution is 0.0954. The molecule has 1 heterocycles. The number of benzene rings is 1. The van der Waals surface area contributed by atoms with E-state index in [-0.39, 0.29) is 5.91 Å². The first-order valence-electron chi connectivity index (χ1n) is 8.42. The molecule has 0 spiro atoms. The summed E-state index contributed by atoms with van der Waals surface area (Å²) in [5, 5.41) is 6.26. The molecule has 0 atom stereocenters. The second-order valence-corrected chi connectivity index (χ2v) is 6.01. The lowest BCUT2D eigenvalue weighted by atomic mass is 10.1.